The van der Waals surface area contributed by atoms with Crippen LogP contribution in [0.2, 0.25) is 5.02 Å². The molecule has 2 atom stereocenters. The van der Waals surface area contributed by atoms with E-state index in [0.29, 0.717) is 11.6 Å². The van der Waals surface area contributed by atoms with E-state index in [4.69, 9.17) is 22.1 Å². The lowest BCUT2D eigenvalue weighted by atomic mass is 9.92. The smallest absolute Gasteiger partial charge is 0.104 e. The van der Waals surface area contributed by atoms with Gasteiger partial charge in [0.1, 0.15) is 6.10 Å². The van der Waals surface area contributed by atoms with Crippen LogP contribution < -0.4 is 5.73 Å². The molecule has 0 spiro atoms. The van der Waals surface area contributed by atoms with Gasteiger partial charge < -0.3 is 10.5 Å². The minimum absolute atomic E-state index is 0.167. The molecule has 0 fully saturated rings. The highest BCUT2D eigenvalue weighted by Gasteiger charge is 2.30. The third kappa shape index (κ3) is 2.24. The zero-order valence-electron chi connectivity index (χ0n) is 11.4. The molecule has 2 heterocycles. The second-order valence-corrected chi connectivity index (χ2v) is 5.37. The second kappa shape index (κ2) is 5.56. The van der Waals surface area contributed by atoms with Crippen molar-refractivity contribution in [3.05, 3.63) is 52.3 Å². The first-order chi connectivity index (χ1) is 9.72. The number of hydrogen-bond donors (Lipinski definition) is 1. The Morgan fingerprint density at radius 2 is 2.30 bits per heavy atom. The molecule has 0 radical (unpaired) electrons. The summed E-state index contributed by atoms with van der Waals surface area (Å²) in [6.07, 6.45) is 2.41. The lowest BCUT2D eigenvalue weighted by molar-refractivity contribution is 0.0223. The summed E-state index contributed by atoms with van der Waals surface area (Å²) in [6.45, 7) is 3.45. The molecule has 2 aromatic rings. The molecule has 1 aromatic heterocycles. The molecule has 0 aliphatic carbocycles. The standard InChI is InChI=1S/C15H18ClN3O/c1-2-19-14(12(16)9-18-19)13(17)15-11-6-4-3-5-10(11)7-8-20-15/h3-6,9,13,15H,2,7-8,17H2,1H3. The SMILES string of the molecule is CCn1ncc(Cl)c1C(N)C1OCCc2ccccc21. The molecule has 4 nitrogen and oxygen atoms in total. The van der Waals surface area contributed by atoms with Crippen LogP contribution in [0.1, 0.15) is 35.9 Å². The van der Waals surface area contributed by atoms with Gasteiger partial charge in [-0.2, -0.15) is 5.10 Å². The summed E-state index contributed by atoms with van der Waals surface area (Å²) in [5.41, 5.74) is 9.74. The number of benzene rings is 1. The van der Waals surface area contributed by atoms with Gasteiger partial charge in [0.15, 0.2) is 0 Å². The Hall–Kier alpha value is -1.36. The maximum Gasteiger partial charge on any atom is 0.104 e. The zero-order valence-corrected chi connectivity index (χ0v) is 12.2. The van der Waals surface area contributed by atoms with Crippen LogP contribution in [-0.4, -0.2) is 16.4 Å². The fourth-order valence-electron chi connectivity index (χ4n) is 2.82. The summed E-state index contributed by atoms with van der Waals surface area (Å²) in [7, 11) is 0. The maximum atomic E-state index is 6.44. The topological polar surface area (TPSA) is 53.1 Å². The van der Waals surface area contributed by atoms with E-state index in [-0.39, 0.29) is 12.1 Å². The maximum absolute atomic E-state index is 6.44. The Morgan fingerprint density at radius 1 is 1.50 bits per heavy atom. The van der Waals surface area contributed by atoms with Gasteiger partial charge in [0.25, 0.3) is 0 Å². The van der Waals surface area contributed by atoms with Crippen molar-refractivity contribution in [2.24, 2.45) is 5.73 Å². The van der Waals surface area contributed by atoms with E-state index in [1.807, 2.05) is 17.7 Å². The predicted octanol–water partition coefficient (Wildman–Crippen LogP) is 2.87. The number of aryl methyl sites for hydroxylation is 1. The Kier molecular flexibility index (Phi) is 3.78. The van der Waals surface area contributed by atoms with Crippen molar-refractivity contribution in [1.29, 1.82) is 0 Å². The highest BCUT2D eigenvalue weighted by atomic mass is 35.5. The van der Waals surface area contributed by atoms with E-state index in [0.717, 1.165) is 24.2 Å². The molecule has 0 saturated heterocycles. The fraction of sp³-hybridized carbons (Fsp3) is 0.400. The predicted molar refractivity (Wildman–Crippen MR) is 78.7 cm³/mol. The van der Waals surface area contributed by atoms with Crippen LogP contribution in [0.3, 0.4) is 0 Å². The molecular formula is C15H18ClN3O. The monoisotopic (exact) mass is 291 g/mol. The molecule has 1 aromatic carbocycles. The van der Waals surface area contributed by atoms with Gasteiger partial charge in [0, 0.05) is 6.54 Å². The molecule has 2 unspecified atom stereocenters. The van der Waals surface area contributed by atoms with Crippen molar-refractivity contribution >= 4 is 11.6 Å². The number of ether oxygens (including phenoxy) is 1. The lowest BCUT2D eigenvalue weighted by Crippen LogP contribution is -2.29. The quantitative estimate of drug-likeness (QED) is 0.946. The van der Waals surface area contributed by atoms with Gasteiger partial charge in [-0.1, -0.05) is 35.9 Å². The zero-order chi connectivity index (χ0) is 14.1. The largest absolute Gasteiger partial charge is 0.371 e. The van der Waals surface area contributed by atoms with Gasteiger partial charge in [-0.25, -0.2) is 0 Å². The number of hydrogen-bond acceptors (Lipinski definition) is 3. The van der Waals surface area contributed by atoms with Gasteiger partial charge in [-0.05, 0) is 24.5 Å². The lowest BCUT2D eigenvalue weighted by Gasteiger charge is -2.30. The first-order valence-corrected chi connectivity index (χ1v) is 7.26. The van der Waals surface area contributed by atoms with Crippen LogP contribution in [0, 0.1) is 0 Å². The van der Waals surface area contributed by atoms with Crippen LogP contribution >= 0.6 is 11.6 Å². The number of nitrogens with zero attached hydrogens (tertiary/aromatic N) is 2. The molecule has 0 saturated carbocycles. The third-order valence-electron chi connectivity index (χ3n) is 3.81. The number of nitrogens with two attached hydrogens (primary N) is 1. The highest BCUT2D eigenvalue weighted by molar-refractivity contribution is 6.31. The number of fused-ring (bicyclic) bond motifs is 1. The molecule has 0 bridgehead atoms. The summed E-state index contributed by atoms with van der Waals surface area (Å²) in [6, 6.07) is 7.98. The minimum atomic E-state index is -0.314. The van der Waals surface area contributed by atoms with Gasteiger partial charge in [-0.3, -0.25) is 4.68 Å². The molecule has 106 valence electrons. The summed E-state index contributed by atoms with van der Waals surface area (Å²) in [5.74, 6) is 0. The van der Waals surface area contributed by atoms with Crippen molar-refractivity contribution in [2.75, 3.05) is 6.61 Å². The van der Waals surface area contributed by atoms with Crippen molar-refractivity contribution in [1.82, 2.24) is 9.78 Å². The van der Waals surface area contributed by atoms with E-state index in [2.05, 4.69) is 23.3 Å². The molecule has 1 aliphatic heterocycles. The summed E-state index contributed by atoms with van der Waals surface area (Å²) in [4.78, 5) is 0. The van der Waals surface area contributed by atoms with E-state index in [9.17, 15) is 0 Å². The first-order valence-electron chi connectivity index (χ1n) is 6.88. The summed E-state index contributed by atoms with van der Waals surface area (Å²) in [5, 5.41) is 4.86. The van der Waals surface area contributed by atoms with Crippen molar-refractivity contribution in [3.8, 4) is 0 Å². The number of rotatable bonds is 3. The second-order valence-electron chi connectivity index (χ2n) is 4.96. The molecule has 3 rings (SSSR count). The first kappa shape index (κ1) is 13.6. The van der Waals surface area contributed by atoms with Crippen LogP contribution in [0.25, 0.3) is 0 Å². The van der Waals surface area contributed by atoms with Crippen molar-refractivity contribution in [2.45, 2.75) is 32.0 Å². The Bertz CT molecular complexity index is 611. The minimum Gasteiger partial charge on any atom is -0.371 e. The Balaban J connectivity index is 1.99. The van der Waals surface area contributed by atoms with Gasteiger partial charge >= 0.3 is 0 Å². The fourth-order valence-corrected chi connectivity index (χ4v) is 3.09. The van der Waals surface area contributed by atoms with E-state index in [1.54, 1.807) is 6.20 Å². The highest BCUT2D eigenvalue weighted by Crippen LogP contribution is 2.37. The molecular weight excluding hydrogens is 274 g/mol. The molecule has 20 heavy (non-hydrogen) atoms. The Labute approximate surface area is 123 Å². The molecule has 1 aliphatic rings. The van der Waals surface area contributed by atoms with Crippen LogP contribution in [0.5, 0.6) is 0 Å². The average Bonchev–Trinajstić information content (AvgIpc) is 2.87. The van der Waals surface area contributed by atoms with E-state index >= 15 is 0 Å². The van der Waals surface area contributed by atoms with Crippen molar-refractivity contribution < 1.29 is 4.74 Å². The Morgan fingerprint density at radius 3 is 3.10 bits per heavy atom. The van der Waals surface area contributed by atoms with E-state index in [1.165, 1.54) is 5.56 Å². The molecule has 2 N–H and O–H groups in total. The van der Waals surface area contributed by atoms with Crippen molar-refractivity contribution in [3.63, 3.8) is 0 Å². The van der Waals surface area contributed by atoms with Crippen LogP contribution in [-0.2, 0) is 17.7 Å². The van der Waals surface area contributed by atoms with Gasteiger partial charge in [0.05, 0.1) is 29.6 Å². The van der Waals surface area contributed by atoms with Crippen LogP contribution in [0.15, 0.2) is 30.5 Å². The molecule has 5 heteroatoms. The molecule has 0 amide bonds. The van der Waals surface area contributed by atoms with E-state index < -0.39 is 0 Å². The number of halogens is 1. The summed E-state index contributed by atoms with van der Waals surface area (Å²) >= 11 is 6.25. The third-order valence-corrected chi connectivity index (χ3v) is 4.10. The normalized spacial score (nSPS) is 19.6. The van der Waals surface area contributed by atoms with Crippen LogP contribution in [0.4, 0.5) is 0 Å². The number of aromatic nitrogens is 2. The van der Waals surface area contributed by atoms with Gasteiger partial charge in [0.2, 0.25) is 0 Å². The summed E-state index contributed by atoms with van der Waals surface area (Å²) < 4.78 is 7.76. The van der Waals surface area contributed by atoms with Gasteiger partial charge in [-0.15, -0.1) is 0 Å². The average molecular weight is 292 g/mol.